The number of hydrogen-bond donors (Lipinski definition) is 2. The number of ether oxygens (including phenoxy) is 1. The first-order chi connectivity index (χ1) is 13.7. The van der Waals surface area contributed by atoms with E-state index in [9.17, 15) is 9.90 Å². The number of benzene rings is 2. The molecule has 0 saturated heterocycles. The third-order valence-electron chi connectivity index (χ3n) is 4.63. The van der Waals surface area contributed by atoms with Gasteiger partial charge in [-0.15, -0.1) is 0 Å². The van der Waals surface area contributed by atoms with Crippen LogP contribution in [-0.4, -0.2) is 36.9 Å². The van der Waals surface area contributed by atoms with Crippen LogP contribution in [0.3, 0.4) is 0 Å². The fraction of sp³-hybridized carbons (Fsp3) is 0.391. The SMILES string of the molecule is CCN(CC)c1ccc(/C=N/NC(=O)COc2ccc(C(C)(C)C)cc2)c(O)c1. The molecule has 0 radical (unpaired) electrons. The predicted octanol–water partition coefficient (Wildman–Crippen LogP) is 4.07. The molecule has 6 heteroatoms. The molecule has 29 heavy (non-hydrogen) atoms. The van der Waals surface area contributed by atoms with E-state index in [1.165, 1.54) is 11.8 Å². The highest BCUT2D eigenvalue weighted by molar-refractivity contribution is 5.86. The summed E-state index contributed by atoms with van der Waals surface area (Å²) in [5.74, 6) is 0.366. The van der Waals surface area contributed by atoms with Crippen molar-refractivity contribution >= 4 is 17.8 Å². The van der Waals surface area contributed by atoms with Crippen LogP contribution in [0, 0.1) is 0 Å². The molecule has 0 spiro atoms. The van der Waals surface area contributed by atoms with Gasteiger partial charge in [-0.3, -0.25) is 4.79 Å². The molecule has 2 aromatic carbocycles. The van der Waals surface area contributed by atoms with Crippen molar-refractivity contribution in [2.24, 2.45) is 5.10 Å². The van der Waals surface area contributed by atoms with E-state index in [0.717, 1.165) is 18.8 Å². The van der Waals surface area contributed by atoms with E-state index in [-0.39, 0.29) is 23.7 Å². The van der Waals surface area contributed by atoms with Gasteiger partial charge in [0.15, 0.2) is 6.61 Å². The van der Waals surface area contributed by atoms with Gasteiger partial charge in [-0.05, 0) is 49.1 Å². The van der Waals surface area contributed by atoms with Gasteiger partial charge in [0, 0.05) is 30.4 Å². The molecule has 0 bridgehead atoms. The normalized spacial score (nSPS) is 11.5. The number of carbonyl (C=O) groups excluding carboxylic acids is 1. The third-order valence-corrected chi connectivity index (χ3v) is 4.63. The third kappa shape index (κ3) is 6.52. The van der Waals surface area contributed by atoms with Crippen molar-refractivity contribution in [2.75, 3.05) is 24.6 Å². The van der Waals surface area contributed by atoms with Crippen LogP contribution >= 0.6 is 0 Å². The van der Waals surface area contributed by atoms with Crippen molar-refractivity contribution < 1.29 is 14.6 Å². The number of anilines is 1. The van der Waals surface area contributed by atoms with Crippen LogP contribution in [0.2, 0.25) is 0 Å². The van der Waals surface area contributed by atoms with Gasteiger partial charge in [-0.25, -0.2) is 5.43 Å². The van der Waals surface area contributed by atoms with Crippen LogP contribution < -0.4 is 15.1 Å². The molecular formula is C23H31N3O3. The van der Waals surface area contributed by atoms with Crippen LogP contribution in [0.15, 0.2) is 47.6 Å². The summed E-state index contributed by atoms with van der Waals surface area (Å²) in [6.07, 6.45) is 1.41. The van der Waals surface area contributed by atoms with Gasteiger partial charge in [0.05, 0.1) is 6.21 Å². The highest BCUT2D eigenvalue weighted by atomic mass is 16.5. The summed E-state index contributed by atoms with van der Waals surface area (Å²) in [5.41, 5.74) is 5.15. The van der Waals surface area contributed by atoms with E-state index >= 15 is 0 Å². The summed E-state index contributed by atoms with van der Waals surface area (Å²) in [6, 6.07) is 13.1. The fourth-order valence-corrected chi connectivity index (χ4v) is 2.83. The Morgan fingerprint density at radius 3 is 2.34 bits per heavy atom. The standard InChI is InChI=1S/C23H31N3O3/c1-6-26(7-2)19-11-8-17(21(27)14-19)15-24-25-22(28)16-29-20-12-9-18(10-13-20)23(3,4)5/h8-15,27H,6-7,16H2,1-5H3,(H,25,28)/b24-15+. The second kappa shape index (κ2) is 9.96. The second-order valence-electron chi connectivity index (χ2n) is 7.77. The van der Waals surface area contributed by atoms with E-state index in [0.29, 0.717) is 11.3 Å². The van der Waals surface area contributed by atoms with Crippen molar-refractivity contribution in [2.45, 2.75) is 40.0 Å². The molecule has 0 heterocycles. The van der Waals surface area contributed by atoms with Crippen LogP contribution in [0.1, 0.15) is 45.7 Å². The Kier molecular flexibility index (Phi) is 7.65. The zero-order valence-electron chi connectivity index (χ0n) is 17.9. The van der Waals surface area contributed by atoms with Crippen molar-refractivity contribution in [3.63, 3.8) is 0 Å². The van der Waals surface area contributed by atoms with Gasteiger partial charge in [0.1, 0.15) is 11.5 Å². The summed E-state index contributed by atoms with van der Waals surface area (Å²) in [6.45, 7) is 12.1. The van der Waals surface area contributed by atoms with Gasteiger partial charge in [-0.2, -0.15) is 5.10 Å². The second-order valence-corrected chi connectivity index (χ2v) is 7.77. The first kappa shape index (κ1) is 22.3. The Bertz CT molecular complexity index is 835. The lowest BCUT2D eigenvalue weighted by atomic mass is 9.87. The Hall–Kier alpha value is -3.02. The van der Waals surface area contributed by atoms with Crippen LogP contribution in [0.5, 0.6) is 11.5 Å². The van der Waals surface area contributed by atoms with Gasteiger partial charge in [0.25, 0.3) is 5.91 Å². The molecule has 0 aliphatic carbocycles. The number of nitrogens with one attached hydrogen (secondary N) is 1. The Labute approximate surface area is 173 Å². The first-order valence-corrected chi connectivity index (χ1v) is 9.87. The van der Waals surface area contributed by atoms with Crippen molar-refractivity contribution in [1.82, 2.24) is 5.43 Å². The largest absolute Gasteiger partial charge is 0.507 e. The number of rotatable bonds is 8. The molecular weight excluding hydrogens is 366 g/mol. The molecule has 156 valence electrons. The van der Waals surface area contributed by atoms with Crippen molar-refractivity contribution in [3.05, 3.63) is 53.6 Å². The minimum absolute atomic E-state index is 0.0692. The van der Waals surface area contributed by atoms with E-state index < -0.39 is 0 Å². The summed E-state index contributed by atoms with van der Waals surface area (Å²) in [4.78, 5) is 14.1. The van der Waals surface area contributed by atoms with Crippen LogP contribution in [0.4, 0.5) is 5.69 Å². The van der Waals surface area contributed by atoms with Gasteiger partial charge in [-0.1, -0.05) is 32.9 Å². The zero-order valence-corrected chi connectivity index (χ0v) is 17.9. The minimum Gasteiger partial charge on any atom is -0.507 e. The molecule has 0 aromatic heterocycles. The molecule has 1 amide bonds. The molecule has 2 rings (SSSR count). The monoisotopic (exact) mass is 397 g/mol. The molecule has 2 aromatic rings. The van der Waals surface area contributed by atoms with Gasteiger partial charge >= 0.3 is 0 Å². The lowest BCUT2D eigenvalue weighted by Crippen LogP contribution is -2.24. The summed E-state index contributed by atoms with van der Waals surface area (Å²) >= 11 is 0. The first-order valence-electron chi connectivity index (χ1n) is 9.87. The predicted molar refractivity (Wildman–Crippen MR) is 118 cm³/mol. The van der Waals surface area contributed by atoms with Gasteiger partial charge in [0.2, 0.25) is 0 Å². The molecule has 2 N–H and O–H groups in total. The topological polar surface area (TPSA) is 74.2 Å². The highest BCUT2D eigenvalue weighted by Crippen LogP contribution is 2.24. The average molecular weight is 398 g/mol. The lowest BCUT2D eigenvalue weighted by Gasteiger charge is -2.21. The van der Waals surface area contributed by atoms with E-state index in [1.54, 1.807) is 12.1 Å². The molecule has 0 aliphatic rings. The number of phenols is 1. The van der Waals surface area contributed by atoms with Crippen LogP contribution in [0.25, 0.3) is 0 Å². The molecule has 0 aliphatic heterocycles. The highest BCUT2D eigenvalue weighted by Gasteiger charge is 2.13. The number of carbonyl (C=O) groups is 1. The summed E-state index contributed by atoms with van der Waals surface area (Å²) < 4.78 is 5.49. The maximum absolute atomic E-state index is 11.9. The number of nitrogens with zero attached hydrogens (tertiary/aromatic N) is 2. The number of amides is 1. The Balaban J connectivity index is 1.86. The molecule has 0 saturated carbocycles. The number of hydrogen-bond acceptors (Lipinski definition) is 5. The summed E-state index contributed by atoms with van der Waals surface area (Å²) in [7, 11) is 0. The number of aromatic hydroxyl groups is 1. The molecule has 6 nitrogen and oxygen atoms in total. The maximum atomic E-state index is 11.9. The maximum Gasteiger partial charge on any atom is 0.277 e. The van der Waals surface area contributed by atoms with Crippen LogP contribution in [-0.2, 0) is 10.2 Å². The van der Waals surface area contributed by atoms with Crippen molar-refractivity contribution in [1.29, 1.82) is 0 Å². The zero-order chi connectivity index (χ0) is 21.4. The number of phenolic OH excluding ortho intramolecular Hbond substituents is 1. The Morgan fingerprint density at radius 1 is 1.14 bits per heavy atom. The van der Waals surface area contributed by atoms with E-state index in [1.807, 2.05) is 30.3 Å². The number of hydrazone groups is 1. The summed E-state index contributed by atoms with van der Waals surface area (Å²) in [5, 5.41) is 14.1. The Morgan fingerprint density at radius 2 is 1.79 bits per heavy atom. The van der Waals surface area contributed by atoms with E-state index in [2.05, 4.69) is 50.0 Å². The molecule has 0 fully saturated rings. The lowest BCUT2D eigenvalue weighted by molar-refractivity contribution is -0.123. The fourth-order valence-electron chi connectivity index (χ4n) is 2.83. The minimum atomic E-state index is -0.375. The smallest absolute Gasteiger partial charge is 0.277 e. The average Bonchev–Trinajstić information content (AvgIpc) is 2.68. The molecule has 0 unspecified atom stereocenters. The van der Waals surface area contributed by atoms with Gasteiger partial charge < -0.3 is 14.7 Å². The molecule has 0 atom stereocenters. The van der Waals surface area contributed by atoms with Crippen molar-refractivity contribution in [3.8, 4) is 11.5 Å². The van der Waals surface area contributed by atoms with E-state index in [4.69, 9.17) is 4.74 Å². The quantitative estimate of drug-likeness (QED) is 0.520.